The Labute approximate surface area is 210 Å². The first-order chi connectivity index (χ1) is 17.2. The van der Waals surface area contributed by atoms with E-state index in [0.29, 0.717) is 0 Å². The van der Waals surface area contributed by atoms with E-state index in [0.717, 1.165) is 13.0 Å². The molecule has 1 aromatic heterocycles. The van der Waals surface area contributed by atoms with E-state index < -0.39 is 0 Å². The van der Waals surface area contributed by atoms with Gasteiger partial charge in [-0.05, 0) is 80.1 Å². The number of benzene rings is 2. The zero-order valence-corrected chi connectivity index (χ0v) is 21.1. The number of nitrogens with zero attached hydrogens (tertiary/aromatic N) is 3. The summed E-state index contributed by atoms with van der Waals surface area (Å²) < 4.78 is 2.38. The van der Waals surface area contributed by atoms with Crippen molar-refractivity contribution in [3.8, 4) is 0 Å². The fourth-order valence-electron chi connectivity index (χ4n) is 5.52. The summed E-state index contributed by atoms with van der Waals surface area (Å²) in [7, 11) is 0. The molecule has 0 saturated carbocycles. The van der Waals surface area contributed by atoms with Crippen molar-refractivity contribution in [2.24, 2.45) is 5.73 Å². The predicted octanol–water partition coefficient (Wildman–Crippen LogP) is 5.61. The Hall–Kier alpha value is -3.11. The van der Waals surface area contributed by atoms with Crippen molar-refractivity contribution in [1.29, 1.82) is 0 Å². The highest BCUT2D eigenvalue weighted by atomic mass is 15.1. The lowest BCUT2D eigenvalue weighted by atomic mass is 10.0. The van der Waals surface area contributed by atoms with Crippen LogP contribution in [-0.4, -0.2) is 26.2 Å². The quantitative estimate of drug-likeness (QED) is 0.438. The Morgan fingerprint density at radius 2 is 1.34 bits per heavy atom. The maximum Gasteiger partial charge on any atom is 0.205 e. The summed E-state index contributed by atoms with van der Waals surface area (Å²) in [6.45, 7) is 7.84. The number of hydrogen-bond acceptors (Lipinski definition) is 3. The number of pyridine rings is 1. The van der Waals surface area contributed by atoms with E-state index in [4.69, 9.17) is 5.73 Å². The molecule has 2 aromatic carbocycles. The van der Waals surface area contributed by atoms with Crippen LogP contribution >= 0.6 is 0 Å². The second-order valence-electron chi connectivity index (χ2n) is 9.90. The second-order valence-corrected chi connectivity index (χ2v) is 9.90. The molecule has 0 amide bonds. The zero-order chi connectivity index (χ0) is 24.0. The van der Waals surface area contributed by atoms with Gasteiger partial charge < -0.3 is 15.5 Å². The average molecular weight is 468 g/mol. The van der Waals surface area contributed by atoms with Gasteiger partial charge in [-0.15, -0.1) is 0 Å². The summed E-state index contributed by atoms with van der Waals surface area (Å²) in [5, 5.41) is 0. The van der Waals surface area contributed by atoms with Gasteiger partial charge in [-0.2, -0.15) is 4.57 Å². The van der Waals surface area contributed by atoms with Crippen molar-refractivity contribution < 1.29 is 4.57 Å². The lowest BCUT2D eigenvalue weighted by Crippen LogP contribution is -2.41. The summed E-state index contributed by atoms with van der Waals surface area (Å²) in [6.07, 6.45) is 10.5. The molecule has 5 rings (SSSR count). The molecule has 0 aliphatic carbocycles. The molecule has 4 heteroatoms. The molecule has 2 fully saturated rings. The molecule has 2 aliphatic rings. The smallest absolute Gasteiger partial charge is 0.205 e. The van der Waals surface area contributed by atoms with Gasteiger partial charge >= 0.3 is 0 Å². The van der Waals surface area contributed by atoms with Crippen LogP contribution in [0.25, 0.3) is 12.2 Å². The number of aromatic nitrogens is 1. The van der Waals surface area contributed by atoms with E-state index in [-0.39, 0.29) is 6.04 Å². The molecule has 2 saturated heterocycles. The fraction of sp³-hybridized carbons (Fsp3) is 0.387. The molecular weight excluding hydrogens is 428 g/mol. The van der Waals surface area contributed by atoms with E-state index in [2.05, 4.69) is 100 Å². The molecule has 3 aromatic rings. The van der Waals surface area contributed by atoms with Gasteiger partial charge in [-0.1, -0.05) is 24.3 Å². The van der Waals surface area contributed by atoms with E-state index in [1.165, 1.54) is 85.8 Å². The third-order valence-corrected chi connectivity index (χ3v) is 7.56. The van der Waals surface area contributed by atoms with Crippen molar-refractivity contribution >= 4 is 23.5 Å². The largest absolute Gasteiger partial charge is 0.372 e. The van der Waals surface area contributed by atoms with E-state index >= 15 is 0 Å². The first-order valence-corrected chi connectivity index (χ1v) is 13.4. The van der Waals surface area contributed by atoms with Gasteiger partial charge in [0, 0.05) is 61.8 Å². The fourth-order valence-corrected chi connectivity index (χ4v) is 5.52. The highest BCUT2D eigenvalue weighted by Gasteiger charge is 2.18. The third-order valence-electron chi connectivity index (χ3n) is 7.56. The molecule has 2 N–H and O–H groups in total. The van der Waals surface area contributed by atoms with Crippen molar-refractivity contribution in [2.45, 2.75) is 51.6 Å². The maximum atomic E-state index is 6.69. The standard InChI is InChI=1S/C31H39N4/c1-2-35-29(17-12-25-10-15-27(16-11-25)33-20-3-4-21-33)8-7-9-30(35)24-31(32)26-13-18-28(19-14-26)34-22-5-6-23-34/h7-19,31H,2-6,20-24,32H2,1H3/q+1. The van der Waals surface area contributed by atoms with Gasteiger partial charge in [0.05, 0.1) is 6.42 Å². The minimum Gasteiger partial charge on any atom is -0.372 e. The number of nitrogens with two attached hydrogens (primary N) is 1. The summed E-state index contributed by atoms with van der Waals surface area (Å²) in [5.41, 5.74) is 14.3. The highest BCUT2D eigenvalue weighted by molar-refractivity contribution is 5.68. The Balaban J connectivity index is 1.28. The highest BCUT2D eigenvalue weighted by Crippen LogP contribution is 2.24. The number of anilines is 2. The Morgan fingerprint density at radius 3 is 1.91 bits per heavy atom. The van der Waals surface area contributed by atoms with Crippen LogP contribution in [0.5, 0.6) is 0 Å². The van der Waals surface area contributed by atoms with E-state index in [1.54, 1.807) is 0 Å². The number of rotatable bonds is 8. The second kappa shape index (κ2) is 11.1. The lowest BCUT2D eigenvalue weighted by Gasteiger charge is -2.19. The molecule has 35 heavy (non-hydrogen) atoms. The first kappa shape index (κ1) is 23.6. The molecule has 3 heterocycles. The normalized spacial score (nSPS) is 17.0. The van der Waals surface area contributed by atoms with Crippen molar-refractivity contribution in [3.05, 3.63) is 89.2 Å². The molecule has 0 bridgehead atoms. The Kier molecular flexibility index (Phi) is 7.48. The molecular formula is C31H39N4+. The van der Waals surface area contributed by atoms with Gasteiger partial charge in [0.25, 0.3) is 0 Å². The molecule has 1 atom stereocenters. The maximum absolute atomic E-state index is 6.69. The molecule has 0 spiro atoms. The first-order valence-electron chi connectivity index (χ1n) is 13.4. The third kappa shape index (κ3) is 5.59. The van der Waals surface area contributed by atoms with Crippen LogP contribution in [0, 0.1) is 0 Å². The van der Waals surface area contributed by atoms with Gasteiger partial charge in [-0.25, -0.2) is 0 Å². The topological polar surface area (TPSA) is 36.4 Å². The van der Waals surface area contributed by atoms with Crippen LogP contribution < -0.4 is 20.1 Å². The SMILES string of the molecule is CC[n+]1c(/C=C/c2ccc(N3CCCC3)cc2)cccc1CC(N)c1ccc(N2CCCC2)cc1. The van der Waals surface area contributed by atoms with Gasteiger partial charge in [-0.3, -0.25) is 0 Å². The Morgan fingerprint density at radius 1 is 0.771 bits per heavy atom. The molecule has 1 unspecified atom stereocenters. The van der Waals surface area contributed by atoms with Crippen molar-refractivity contribution in [2.75, 3.05) is 36.0 Å². The van der Waals surface area contributed by atoms with Crippen LogP contribution in [0.2, 0.25) is 0 Å². The minimum absolute atomic E-state index is 0.0159. The summed E-state index contributed by atoms with van der Waals surface area (Å²) in [4.78, 5) is 4.95. The van der Waals surface area contributed by atoms with Crippen LogP contribution in [0.1, 0.15) is 61.2 Å². The van der Waals surface area contributed by atoms with E-state index in [9.17, 15) is 0 Å². The minimum atomic E-state index is -0.0159. The van der Waals surface area contributed by atoms with Crippen molar-refractivity contribution in [1.82, 2.24) is 0 Å². The van der Waals surface area contributed by atoms with Gasteiger partial charge in [0.1, 0.15) is 6.54 Å². The van der Waals surface area contributed by atoms with Crippen LogP contribution in [0.3, 0.4) is 0 Å². The molecule has 182 valence electrons. The Bertz CT molecular complexity index is 1120. The molecule has 4 nitrogen and oxygen atoms in total. The van der Waals surface area contributed by atoms with Gasteiger partial charge in [0.15, 0.2) is 5.69 Å². The molecule has 0 radical (unpaired) electrons. The van der Waals surface area contributed by atoms with Gasteiger partial charge in [0.2, 0.25) is 5.69 Å². The van der Waals surface area contributed by atoms with Crippen LogP contribution in [0.15, 0.2) is 66.7 Å². The average Bonchev–Trinajstić information content (AvgIpc) is 3.63. The molecule has 2 aliphatic heterocycles. The zero-order valence-electron chi connectivity index (χ0n) is 21.1. The summed E-state index contributed by atoms with van der Waals surface area (Å²) >= 11 is 0. The lowest BCUT2D eigenvalue weighted by molar-refractivity contribution is -0.702. The summed E-state index contributed by atoms with van der Waals surface area (Å²) in [6, 6.07) is 24.4. The van der Waals surface area contributed by atoms with E-state index in [1.807, 2.05) is 0 Å². The van der Waals surface area contributed by atoms with Crippen LogP contribution in [-0.2, 0) is 13.0 Å². The number of hydrogen-bond donors (Lipinski definition) is 1. The monoisotopic (exact) mass is 467 g/mol. The van der Waals surface area contributed by atoms with Crippen LogP contribution in [0.4, 0.5) is 11.4 Å². The predicted molar refractivity (Wildman–Crippen MR) is 148 cm³/mol. The summed E-state index contributed by atoms with van der Waals surface area (Å²) in [5.74, 6) is 0. The van der Waals surface area contributed by atoms with Crippen molar-refractivity contribution in [3.63, 3.8) is 0 Å².